The Kier molecular flexibility index (Phi) is 5.15. The molecule has 1 saturated heterocycles. The van der Waals surface area contributed by atoms with Crippen molar-refractivity contribution >= 4 is 17.6 Å². The molecular formula is C18H24N2O5. The van der Waals surface area contributed by atoms with Crippen LogP contribution in [0.25, 0.3) is 0 Å². The Balaban J connectivity index is 2.37. The maximum absolute atomic E-state index is 12.8. The normalized spacial score (nSPS) is 21.0. The molecule has 2 rings (SSSR count). The molecule has 1 aliphatic heterocycles. The topological polar surface area (TPSA) is 101 Å². The summed E-state index contributed by atoms with van der Waals surface area (Å²) in [6.45, 7) is 7.63. The highest BCUT2D eigenvalue weighted by Crippen LogP contribution is 2.33. The molecule has 2 atom stereocenters. The molecule has 136 valence electrons. The van der Waals surface area contributed by atoms with Crippen LogP contribution in [-0.2, 0) is 10.2 Å². The van der Waals surface area contributed by atoms with E-state index in [1.807, 2.05) is 27.7 Å². The van der Waals surface area contributed by atoms with Crippen molar-refractivity contribution in [2.45, 2.75) is 52.0 Å². The number of carboxylic acid groups (broad SMARTS) is 1. The summed E-state index contributed by atoms with van der Waals surface area (Å²) in [5, 5.41) is 20.6. The number of nitro benzene ring substituents is 1. The lowest BCUT2D eigenvalue weighted by Crippen LogP contribution is -2.47. The number of carboxylic acids is 1. The van der Waals surface area contributed by atoms with Crippen LogP contribution in [0.2, 0.25) is 0 Å². The van der Waals surface area contributed by atoms with Crippen molar-refractivity contribution in [3.63, 3.8) is 0 Å². The fourth-order valence-electron chi connectivity index (χ4n) is 3.21. The number of benzene rings is 1. The minimum Gasteiger partial charge on any atom is -0.481 e. The maximum atomic E-state index is 12.8. The van der Waals surface area contributed by atoms with Crippen LogP contribution in [0.15, 0.2) is 18.2 Å². The molecule has 0 aliphatic carbocycles. The van der Waals surface area contributed by atoms with E-state index in [2.05, 4.69) is 0 Å². The lowest BCUT2D eigenvalue weighted by molar-refractivity contribution is -0.386. The second kappa shape index (κ2) is 6.82. The average molecular weight is 348 g/mol. The number of nitrogens with zero attached hydrogens (tertiary/aromatic N) is 2. The van der Waals surface area contributed by atoms with Crippen LogP contribution in [0, 0.1) is 16.0 Å². The van der Waals surface area contributed by atoms with E-state index in [4.69, 9.17) is 0 Å². The first kappa shape index (κ1) is 18.9. The minimum atomic E-state index is -0.918. The summed E-state index contributed by atoms with van der Waals surface area (Å²) in [5.41, 5.74) is 0.274. The van der Waals surface area contributed by atoms with Crippen LogP contribution in [-0.4, -0.2) is 39.4 Å². The number of likely N-dealkylation sites (tertiary alicyclic amines) is 1. The Bertz CT molecular complexity index is 708. The van der Waals surface area contributed by atoms with Gasteiger partial charge in [-0.25, -0.2) is 0 Å². The molecule has 0 saturated carbocycles. The van der Waals surface area contributed by atoms with Gasteiger partial charge in [-0.3, -0.25) is 19.7 Å². The molecule has 1 fully saturated rings. The van der Waals surface area contributed by atoms with Crippen molar-refractivity contribution in [1.29, 1.82) is 0 Å². The van der Waals surface area contributed by atoms with Gasteiger partial charge in [0.15, 0.2) is 0 Å². The summed E-state index contributed by atoms with van der Waals surface area (Å²) >= 11 is 0. The SMILES string of the molecule is CC1CCC(C(=O)O)CN1C(=O)c1ccc(C(C)(C)C)c([N+](=O)[O-])c1. The molecule has 7 nitrogen and oxygen atoms in total. The Morgan fingerprint density at radius 2 is 1.92 bits per heavy atom. The van der Waals surface area contributed by atoms with E-state index in [-0.39, 0.29) is 29.7 Å². The molecular weight excluding hydrogens is 324 g/mol. The summed E-state index contributed by atoms with van der Waals surface area (Å²) in [6.07, 6.45) is 1.13. The predicted octanol–water partition coefficient (Wildman–Crippen LogP) is 3.22. The first-order valence-corrected chi connectivity index (χ1v) is 8.35. The highest BCUT2D eigenvalue weighted by molar-refractivity contribution is 5.95. The summed E-state index contributed by atoms with van der Waals surface area (Å²) in [7, 11) is 0. The van der Waals surface area contributed by atoms with Crippen molar-refractivity contribution in [2.24, 2.45) is 5.92 Å². The van der Waals surface area contributed by atoms with Crippen molar-refractivity contribution in [3.8, 4) is 0 Å². The van der Waals surface area contributed by atoms with Crippen LogP contribution >= 0.6 is 0 Å². The van der Waals surface area contributed by atoms with Crippen LogP contribution < -0.4 is 0 Å². The van der Waals surface area contributed by atoms with Crippen molar-refractivity contribution in [3.05, 3.63) is 39.4 Å². The number of carbonyl (C=O) groups is 2. The minimum absolute atomic E-state index is 0.0854. The van der Waals surface area contributed by atoms with Gasteiger partial charge in [0.05, 0.1) is 10.8 Å². The lowest BCUT2D eigenvalue weighted by atomic mass is 9.85. The summed E-state index contributed by atoms with van der Waals surface area (Å²) < 4.78 is 0. The van der Waals surface area contributed by atoms with E-state index >= 15 is 0 Å². The van der Waals surface area contributed by atoms with E-state index in [0.29, 0.717) is 18.4 Å². The standard InChI is InChI=1S/C18H24N2O5/c1-11-5-6-13(17(22)23)10-19(11)16(21)12-7-8-14(18(2,3)4)15(9-12)20(24)25/h7-9,11,13H,5-6,10H2,1-4H3,(H,22,23). The van der Waals surface area contributed by atoms with Gasteiger partial charge >= 0.3 is 5.97 Å². The zero-order valence-corrected chi connectivity index (χ0v) is 15.0. The number of nitro groups is 1. The number of carbonyl (C=O) groups excluding carboxylic acids is 1. The molecule has 0 spiro atoms. The van der Waals surface area contributed by atoms with E-state index < -0.39 is 22.2 Å². The van der Waals surface area contributed by atoms with Gasteiger partial charge in [-0.1, -0.05) is 26.8 Å². The Morgan fingerprint density at radius 3 is 2.44 bits per heavy atom. The zero-order chi connectivity index (χ0) is 18.9. The monoisotopic (exact) mass is 348 g/mol. The Hall–Kier alpha value is -2.44. The third-order valence-electron chi connectivity index (χ3n) is 4.74. The molecule has 1 amide bonds. The molecule has 0 bridgehead atoms. The molecule has 1 aromatic carbocycles. The van der Waals surface area contributed by atoms with Crippen molar-refractivity contribution < 1.29 is 19.6 Å². The average Bonchev–Trinajstić information content (AvgIpc) is 2.52. The Labute approximate surface area is 146 Å². The molecule has 1 aliphatic rings. The van der Waals surface area contributed by atoms with E-state index in [1.165, 1.54) is 11.0 Å². The predicted molar refractivity (Wildman–Crippen MR) is 92.7 cm³/mol. The van der Waals surface area contributed by atoms with Gasteiger partial charge < -0.3 is 10.0 Å². The Morgan fingerprint density at radius 1 is 1.28 bits per heavy atom. The maximum Gasteiger partial charge on any atom is 0.308 e. The molecule has 1 aromatic rings. The van der Waals surface area contributed by atoms with Gasteiger partial charge in [-0.2, -0.15) is 0 Å². The molecule has 25 heavy (non-hydrogen) atoms. The van der Waals surface area contributed by atoms with Gasteiger partial charge in [0.1, 0.15) is 0 Å². The highest BCUT2D eigenvalue weighted by Gasteiger charge is 2.34. The fraction of sp³-hybridized carbons (Fsp3) is 0.556. The number of hydrogen-bond donors (Lipinski definition) is 1. The van der Waals surface area contributed by atoms with Crippen LogP contribution in [0.1, 0.15) is 56.5 Å². The third kappa shape index (κ3) is 3.97. The number of amides is 1. The molecule has 2 unspecified atom stereocenters. The fourth-order valence-corrected chi connectivity index (χ4v) is 3.21. The smallest absolute Gasteiger partial charge is 0.308 e. The number of rotatable bonds is 3. The van der Waals surface area contributed by atoms with E-state index in [0.717, 1.165) is 0 Å². The van der Waals surface area contributed by atoms with Gasteiger partial charge in [-0.15, -0.1) is 0 Å². The molecule has 0 aromatic heterocycles. The quantitative estimate of drug-likeness (QED) is 0.667. The summed E-state index contributed by atoms with van der Waals surface area (Å²) in [6, 6.07) is 4.42. The second-order valence-corrected chi connectivity index (χ2v) is 7.66. The highest BCUT2D eigenvalue weighted by atomic mass is 16.6. The van der Waals surface area contributed by atoms with E-state index in [9.17, 15) is 24.8 Å². The van der Waals surface area contributed by atoms with Gasteiger partial charge in [0.2, 0.25) is 0 Å². The largest absolute Gasteiger partial charge is 0.481 e. The van der Waals surface area contributed by atoms with Crippen LogP contribution in [0.5, 0.6) is 0 Å². The van der Waals surface area contributed by atoms with Crippen molar-refractivity contribution in [2.75, 3.05) is 6.54 Å². The lowest BCUT2D eigenvalue weighted by Gasteiger charge is -2.36. The number of hydrogen-bond acceptors (Lipinski definition) is 4. The number of piperidine rings is 1. The number of aliphatic carboxylic acids is 1. The molecule has 7 heteroatoms. The molecule has 1 N–H and O–H groups in total. The molecule has 0 radical (unpaired) electrons. The van der Waals surface area contributed by atoms with Crippen molar-refractivity contribution in [1.82, 2.24) is 4.90 Å². The van der Waals surface area contributed by atoms with Crippen LogP contribution in [0.3, 0.4) is 0 Å². The molecule has 1 heterocycles. The third-order valence-corrected chi connectivity index (χ3v) is 4.74. The van der Waals surface area contributed by atoms with Gasteiger partial charge in [0.25, 0.3) is 11.6 Å². The van der Waals surface area contributed by atoms with Crippen LogP contribution in [0.4, 0.5) is 5.69 Å². The second-order valence-electron chi connectivity index (χ2n) is 7.66. The zero-order valence-electron chi connectivity index (χ0n) is 15.0. The summed E-state index contributed by atoms with van der Waals surface area (Å²) in [5.74, 6) is -1.87. The first-order valence-electron chi connectivity index (χ1n) is 8.35. The van der Waals surface area contributed by atoms with Gasteiger partial charge in [-0.05, 0) is 31.2 Å². The summed E-state index contributed by atoms with van der Waals surface area (Å²) in [4.78, 5) is 36.5. The van der Waals surface area contributed by atoms with Gasteiger partial charge in [0, 0.05) is 29.8 Å². The van der Waals surface area contributed by atoms with E-state index in [1.54, 1.807) is 12.1 Å². The first-order chi connectivity index (χ1) is 11.5.